The van der Waals surface area contributed by atoms with Gasteiger partial charge in [0.05, 0.1) is 23.2 Å². The van der Waals surface area contributed by atoms with Crippen molar-refractivity contribution in [1.29, 1.82) is 0 Å². The number of aliphatic hydroxyl groups excluding tert-OH is 2. The zero-order chi connectivity index (χ0) is 25.8. The van der Waals surface area contributed by atoms with Crippen LogP contribution in [0.1, 0.15) is 112 Å². The fraction of sp³-hybridized carbons (Fsp3) is 0.967. The van der Waals surface area contributed by atoms with Gasteiger partial charge in [-0.1, -0.05) is 27.7 Å². The lowest BCUT2D eigenvalue weighted by atomic mass is 9.41. The summed E-state index contributed by atoms with van der Waals surface area (Å²) in [5, 5.41) is 42.4. The third-order valence-electron chi connectivity index (χ3n) is 13.3. The Balaban J connectivity index is 1.44. The third-order valence-corrected chi connectivity index (χ3v) is 13.3. The number of carbonyl (C=O) groups is 1. The Morgan fingerprint density at radius 1 is 0.943 bits per heavy atom. The van der Waals surface area contributed by atoms with Crippen molar-refractivity contribution in [1.82, 2.24) is 0 Å². The van der Waals surface area contributed by atoms with Crippen LogP contribution in [-0.2, 0) is 4.79 Å². The van der Waals surface area contributed by atoms with Gasteiger partial charge in [-0.15, -0.1) is 0 Å². The highest BCUT2D eigenvalue weighted by Crippen LogP contribution is 2.89. The van der Waals surface area contributed by atoms with E-state index in [-0.39, 0.29) is 33.7 Å². The van der Waals surface area contributed by atoms with Crippen LogP contribution >= 0.6 is 0 Å². The van der Waals surface area contributed by atoms with Gasteiger partial charge in [-0.25, -0.2) is 0 Å². The second-order valence-electron chi connectivity index (χ2n) is 15.1. The lowest BCUT2D eigenvalue weighted by Gasteiger charge is -2.62. The van der Waals surface area contributed by atoms with Gasteiger partial charge >= 0.3 is 5.97 Å². The molecule has 4 N–H and O–H groups in total. The molecular weight excluding hydrogens is 440 g/mol. The number of carboxylic acid groups (broad SMARTS) is 1. The van der Waals surface area contributed by atoms with Crippen molar-refractivity contribution in [2.24, 2.45) is 50.7 Å². The lowest BCUT2D eigenvalue weighted by Crippen LogP contribution is -2.61. The summed E-state index contributed by atoms with van der Waals surface area (Å²) in [6.45, 7) is 12.4. The van der Waals surface area contributed by atoms with Gasteiger partial charge in [-0.2, -0.15) is 0 Å². The first-order valence-electron chi connectivity index (χ1n) is 14.4. The third kappa shape index (κ3) is 3.13. The summed E-state index contributed by atoms with van der Waals surface area (Å²) < 4.78 is 0. The van der Waals surface area contributed by atoms with E-state index >= 15 is 0 Å². The molecular formula is C30H50O5. The van der Waals surface area contributed by atoms with Crippen molar-refractivity contribution in [3.05, 3.63) is 0 Å². The highest BCUT2D eigenvalue weighted by Gasteiger charge is 2.84. The first kappa shape index (κ1) is 26.0. The highest BCUT2D eigenvalue weighted by atomic mass is 16.4. The number of aliphatic hydroxyl groups is 3. The first-order valence-corrected chi connectivity index (χ1v) is 14.4. The summed E-state index contributed by atoms with van der Waals surface area (Å²) in [6, 6.07) is 0. The summed E-state index contributed by atoms with van der Waals surface area (Å²) in [5.74, 6) is 0.839. The maximum absolute atomic E-state index is 13.4. The Hall–Kier alpha value is -0.650. The van der Waals surface area contributed by atoms with E-state index in [4.69, 9.17) is 0 Å². The van der Waals surface area contributed by atoms with Gasteiger partial charge in [0.15, 0.2) is 0 Å². The largest absolute Gasteiger partial charge is 0.481 e. The van der Waals surface area contributed by atoms with Crippen molar-refractivity contribution in [2.45, 2.75) is 130 Å². The quantitative estimate of drug-likeness (QED) is 0.400. The van der Waals surface area contributed by atoms with Gasteiger partial charge in [0.2, 0.25) is 0 Å². The highest BCUT2D eigenvalue weighted by molar-refractivity contribution is 5.78. The molecule has 5 fully saturated rings. The molecule has 2 spiro atoms. The van der Waals surface area contributed by atoms with Gasteiger partial charge in [-0.05, 0) is 130 Å². The second kappa shape index (κ2) is 7.69. The SMILES string of the molecule is C[C@H](CC[C@H](O)C(C)(C)O)[C@H]1CC[C@@]2(C(=O)O)[C@@H]3CC[C@@H]4C(C)(C)[C@H](O)CC[C@@]45C[C@@]35CC[C@]12C. The number of carboxylic acids is 1. The summed E-state index contributed by atoms with van der Waals surface area (Å²) in [6.07, 6.45) is 9.36. The molecule has 5 nitrogen and oxygen atoms in total. The number of hydrogen-bond donors (Lipinski definition) is 4. The van der Waals surface area contributed by atoms with Crippen LogP contribution in [-0.4, -0.2) is 44.2 Å². The molecule has 5 saturated carbocycles. The van der Waals surface area contributed by atoms with Crippen molar-refractivity contribution in [3.8, 4) is 0 Å². The van der Waals surface area contributed by atoms with Gasteiger partial charge in [0.1, 0.15) is 0 Å². The van der Waals surface area contributed by atoms with E-state index in [0.717, 1.165) is 57.8 Å². The molecule has 0 amide bonds. The number of hydrogen-bond acceptors (Lipinski definition) is 4. The van der Waals surface area contributed by atoms with Crippen LogP contribution in [0.4, 0.5) is 0 Å². The Morgan fingerprint density at radius 2 is 1.57 bits per heavy atom. The molecule has 5 heteroatoms. The molecule has 0 heterocycles. The minimum atomic E-state index is -1.11. The van der Waals surface area contributed by atoms with E-state index in [1.165, 1.54) is 6.42 Å². The Labute approximate surface area is 212 Å². The molecule has 5 aliphatic carbocycles. The summed E-state index contributed by atoms with van der Waals surface area (Å²) in [4.78, 5) is 13.4. The Bertz CT molecular complexity index is 876. The summed E-state index contributed by atoms with van der Waals surface area (Å²) in [7, 11) is 0. The maximum Gasteiger partial charge on any atom is 0.310 e. The molecule has 0 aromatic rings. The first-order chi connectivity index (χ1) is 16.1. The van der Waals surface area contributed by atoms with Crippen LogP contribution < -0.4 is 0 Å². The van der Waals surface area contributed by atoms with Gasteiger partial charge in [0, 0.05) is 0 Å². The van der Waals surface area contributed by atoms with E-state index in [0.29, 0.717) is 24.2 Å². The van der Waals surface area contributed by atoms with E-state index in [2.05, 4.69) is 27.7 Å². The minimum absolute atomic E-state index is 0.0854. The van der Waals surface area contributed by atoms with Crippen LogP contribution in [0.25, 0.3) is 0 Å². The zero-order valence-corrected chi connectivity index (χ0v) is 22.9. The number of fused-ring (bicyclic) bond motifs is 2. The molecule has 0 bridgehead atoms. The molecule has 5 aliphatic rings. The van der Waals surface area contributed by atoms with E-state index in [9.17, 15) is 25.2 Å². The lowest BCUT2D eigenvalue weighted by molar-refractivity contribution is -0.194. The molecule has 200 valence electrons. The van der Waals surface area contributed by atoms with Crippen LogP contribution in [0.15, 0.2) is 0 Å². The van der Waals surface area contributed by atoms with Crippen LogP contribution in [0.5, 0.6) is 0 Å². The standard InChI is InChI=1S/C30H50O5/c1-18(7-10-23(32)26(4,5)35)19-11-14-30(24(33)34)21-9-8-20-25(2,3)22(31)12-13-28(20)17-29(21,28)16-15-27(19,30)6/h18-23,31-32,35H,7-17H2,1-6H3,(H,33,34)/t18-,19-,20-,21-,22-,23+,27-,28-,29+,30+/m1/s1. The molecule has 0 aliphatic heterocycles. The average Bonchev–Trinajstić information content (AvgIpc) is 3.32. The molecule has 0 saturated heterocycles. The molecule has 35 heavy (non-hydrogen) atoms. The molecule has 0 radical (unpaired) electrons. The van der Waals surface area contributed by atoms with E-state index < -0.39 is 23.1 Å². The second-order valence-corrected chi connectivity index (χ2v) is 15.1. The Kier molecular flexibility index (Phi) is 5.71. The van der Waals surface area contributed by atoms with Gasteiger partial charge in [0.25, 0.3) is 0 Å². The van der Waals surface area contributed by atoms with Gasteiger partial charge in [-0.3, -0.25) is 4.79 Å². The fourth-order valence-electron chi connectivity index (χ4n) is 11.3. The van der Waals surface area contributed by atoms with Crippen LogP contribution in [0, 0.1) is 50.7 Å². The molecule has 10 atom stereocenters. The van der Waals surface area contributed by atoms with Crippen molar-refractivity contribution in [3.63, 3.8) is 0 Å². The van der Waals surface area contributed by atoms with Crippen LogP contribution in [0.3, 0.4) is 0 Å². The monoisotopic (exact) mass is 490 g/mol. The minimum Gasteiger partial charge on any atom is -0.481 e. The maximum atomic E-state index is 13.4. The Morgan fingerprint density at radius 3 is 2.20 bits per heavy atom. The molecule has 0 unspecified atom stereocenters. The summed E-state index contributed by atoms with van der Waals surface area (Å²) in [5.41, 5.74) is -1.69. The van der Waals surface area contributed by atoms with E-state index in [1.54, 1.807) is 13.8 Å². The smallest absolute Gasteiger partial charge is 0.310 e. The summed E-state index contributed by atoms with van der Waals surface area (Å²) >= 11 is 0. The molecule has 0 aromatic heterocycles. The normalized spacial score (nSPS) is 49.7. The predicted molar refractivity (Wildman–Crippen MR) is 136 cm³/mol. The predicted octanol–water partition coefficient (Wildman–Crippen LogP) is 5.40. The average molecular weight is 491 g/mol. The van der Waals surface area contributed by atoms with E-state index in [1.807, 2.05) is 0 Å². The van der Waals surface area contributed by atoms with Crippen molar-refractivity contribution in [2.75, 3.05) is 0 Å². The van der Waals surface area contributed by atoms with Crippen molar-refractivity contribution >= 4 is 5.97 Å². The molecule has 5 rings (SSSR count). The van der Waals surface area contributed by atoms with Gasteiger partial charge < -0.3 is 20.4 Å². The zero-order valence-electron chi connectivity index (χ0n) is 22.9. The molecule has 0 aromatic carbocycles. The van der Waals surface area contributed by atoms with Crippen LogP contribution in [0.2, 0.25) is 0 Å². The number of aliphatic carboxylic acids is 1. The number of rotatable bonds is 6. The topological polar surface area (TPSA) is 98.0 Å². The fourth-order valence-corrected chi connectivity index (χ4v) is 11.3. The van der Waals surface area contributed by atoms with Crippen molar-refractivity contribution < 1.29 is 25.2 Å².